The molecular weight excluding hydrogens is 591 g/mol. The highest BCUT2D eigenvalue weighted by Crippen LogP contribution is 2.41. The summed E-state index contributed by atoms with van der Waals surface area (Å²) in [5.74, 6) is 0. The van der Waals surface area contributed by atoms with Crippen LogP contribution in [0.4, 0.5) is 17.1 Å². The van der Waals surface area contributed by atoms with Crippen molar-refractivity contribution in [2.75, 3.05) is 4.90 Å². The number of fused-ring (bicyclic) bond motifs is 5. The summed E-state index contributed by atoms with van der Waals surface area (Å²) >= 11 is 0. The third-order valence-electron chi connectivity index (χ3n) is 9.64. The highest BCUT2D eigenvalue weighted by molar-refractivity contribution is 6.19. The summed E-state index contributed by atoms with van der Waals surface area (Å²) in [5.41, 5.74) is 10.6. The Labute approximate surface area is 287 Å². The van der Waals surface area contributed by atoms with Crippen LogP contribution in [0, 0.1) is 0 Å². The van der Waals surface area contributed by atoms with Gasteiger partial charge < -0.3 is 4.90 Å². The highest BCUT2D eigenvalue weighted by Gasteiger charge is 2.16. The molecule has 0 saturated heterocycles. The molecule has 9 aromatic carbocycles. The van der Waals surface area contributed by atoms with Gasteiger partial charge in [0.1, 0.15) is 0 Å². The Morgan fingerprint density at radius 2 is 0.735 bits per heavy atom. The molecular formula is C48H33N. The van der Waals surface area contributed by atoms with Crippen molar-refractivity contribution in [1.82, 2.24) is 0 Å². The Balaban J connectivity index is 1.19. The first kappa shape index (κ1) is 28.8. The quantitative estimate of drug-likeness (QED) is 0.167. The van der Waals surface area contributed by atoms with Gasteiger partial charge in [-0.1, -0.05) is 164 Å². The number of nitrogens with zero attached hydrogens (tertiary/aromatic N) is 1. The van der Waals surface area contributed by atoms with Crippen LogP contribution in [0.1, 0.15) is 0 Å². The lowest BCUT2D eigenvalue weighted by Crippen LogP contribution is -2.10. The van der Waals surface area contributed by atoms with Crippen molar-refractivity contribution in [3.8, 4) is 33.4 Å². The zero-order valence-electron chi connectivity index (χ0n) is 27.0. The molecule has 0 aliphatic heterocycles. The van der Waals surface area contributed by atoms with Gasteiger partial charge in [0.2, 0.25) is 0 Å². The second-order valence-electron chi connectivity index (χ2n) is 12.6. The van der Waals surface area contributed by atoms with Gasteiger partial charge in [0, 0.05) is 17.1 Å². The first-order valence-corrected chi connectivity index (χ1v) is 16.8. The third kappa shape index (κ3) is 5.32. The van der Waals surface area contributed by atoms with Crippen LogP contribution in [-0.4, -0.2) is 0 Å². The van der Waals surface area contributed by atoms with E-state index in [0.717, 1.165) is 17.1 Å². The van der Waals surface area contributed by atoms with Crippen LogP contribution in [0.2, 0.25) is 0 Å². The number of hydrogen-bond donors (Lipinski definition) is 0. The van der Waals surface area contributed by atoms with Gasteiger partial charge in [0.15, 0.2) is 0 Å². The molecule has 0 aromatic heterocycles. The van der Waals surface area contributed by atoms with Crippen LogP contribution in [0.15, 0.2) is 200 Å². The second kappa shape index (κ2) is 12.3. The molecule has 1 heteroatoms. The number of benzene rings is 9. The summed E-state index contributed by atoms with van der Waals surface area (Å²) in [4.78, 5) is 2.37. The maximum atomic E-state index is 2.37. The van der Waals surface area contributed by atoms with Crippen molar-refractivity contribution in [2.24, 2.45) is 0 Å². The molecule has 0 saturated carbocycles. The lowest BCUT2D eigenvalue weighted by Gasteiger charge is -2.27. The molecule has 0 unspecified atom stereocenters. The fourth-order valence-electron chi connectivity index (χ4n) is 7.26. The summed E-state index contributed by atoms with van der Waals surface area (Å²) in [6.07, 6.45) is 0. The first-order valence-electron chi connectivity index (χ1n) is 16.8. The van der Waals surface area contributed by atoms with E-state index in [1.807, 2.05) is 0 Å². The molecule has 49 heavy (non-hydrogen) atoms. The van der Waals surface area contributed by atoms with E-state index in [1.54, 1.807) is 0 Å². The van der Waals surface area contributed by atoms with Crippen LogP contribution in [0.5, 0.6) is 0 Å². The maximum Gasteiger partial charge on any atom is 0.0467 e. The van der Waals surface area contributed by atoms with E-state index in [4.69, 9.17) is 0 Å². The predicted molar refractivity (Wildman–Crippen MR) is 210 cm³/mol. The lowest BCUT2D eigenvalue weighted by molar-refractivity contribution is 1.28. The van der Waals surface area contributed by atoms with E-state index in [1.165, 1.54) is 65.7 Å². The average Bonchev–Trinajstić information content (AvgIpc) is 3.19. The van der Waals surface area contributed by atoms with Crippen molar-refractivity contribution in [3.63, 3.8) is 0 Å². The molecule has 0 spiro atoms. The number of rotatable bonds is 6. The van der Waals surface area contributed by atoms with Gasteiger partial charge in [0.05, 0.1) is 0 Å². The lowest BCUT2D eigenvalue weighted by atomic mass is 9.92. The fraction of sp³-hybridized carbons (Fsp3) is 0. The fourth-order valence-corrected chi connectivity index (χ4v) is 7.26. The Morgan fingerprint density at radius 1 is 0.245 bits per heavy atom. The number of hydrogen-bond acceptors (Lipinski definition) is 1. The van der Waals surface area contributed by atoms with E-state index >= 15 is 0 Å². The van der Waals surface area contributed by atoms with Gasteiger partial charge in [-0.15, -0.1) is 0 Å². The Bertz CT molecular complexity index is 2590. The van der Waals surface area contributed by atoms with E-state index in [9.17, 15) is 0 Å². The molecule has 0 heterocycles. The summed E-state index contributed by atoms with van der Waals surface area (Å²) in [7, 11) is 0. The van der Waals surface area contributed by atoms with E-state index < -0.39 is 0 Å². The Morgan fingerprint density at radius 3 is 1.49 bits per heavy atom. The minimum Gasteiger partial charge on any atom is -0.310 e. The van der Waals surface area contributed by atoms with Gasteiger partial charge in [-0.2, -0.15) is 0 Å². The van der Waals surface area contributed by atoms with Crippen molar-refractivity contribution < 1.29 is 0 Å². The minimum atomic E-state index is 1.11. The SMILES string of the molecule is c1ccc(-c2ccc(N(c3cccc(-c4ccccc4)c3)c3cccc(-c4cccc5c4ccc4c6ccccc6ccc54)c3)cc2)cc1. The Kier molecular flexibility index (Phi) is 7.22. The zero-order valence-corrected chi connectivity index (χ0v) is 27.0. The third-order valence-corrected chi connectivity index (χ3v) is 9.64. The molecule has 1 nitrogen and oxygen atoms in total. The van der Waals surface area contributed by atoms with Crippen molar-refractivity contribution in [3.05, 3.63) is 200 Å². The Hall–Kier alpha value is -6.44. The normalized spacial score (nSPS) is 11.3. The van der Waals surface area contributed by atoms with E-state index in [-0.39, 0.29) is 0 Å². The average molecular weight is 624 g/mol. The monoisotopic (exact) mass is 623 g/mol. The molecule has 9 rings (SSSR count). The first-order chi connectivity index (χ1) is 24.3. The maximum absolute atomic E-state index is 2.37. The van der Waals surface area contributed by atoms with Gasteiger partial charge >= 0.3 is 0 Å². The van der Waals surface area contributed by atoms with Crippen molar-refractivity contribution in [2.45, 2.75) is 0 Å². The van der Waals surface area contributed by atoms with Gasteiger partial charge in [-0.3, -0.25) is 0 Å². The molecule has 0 aliphatic rings. The van der Waals surface area contributed by atoms with Crippen molar-refractivity contribution >= 4 is 49.4 Å². The second-order valence-corrected chi connectivity index (χ2v) is 12.6. The van der Waals surface area contributed by atoms with Crippen molar-refractivity contribution in [1.29, 1.82) is 0 Å². The summed E-state index contributed by atoms with van der Waals surface area (Å²) in [6, 6.07) is 72.4. The summed E-state index contributed by atoms with van der Waals surface area (Å²) in [5, 5.41) is 7.67. The summed E-state index contributed by atoms with van der Waals surface area (Å²) in [6.45, 7) is 0. The van der Waals surface area contributed by atoms with Crippen LogP contribution in [0.25, 0.3) is 65.7 Å². The van der Waals surface area contributed by atoms with Crippen LogP contribution in [-0.2, 0) is 0 Å². The molecule has 9 aromatic rings. The summed E-state index contributed by atoms with van der Waals surface area (Å²) < 4.78 is 0. The van der Waals surface area contributed by atoms with Gasteiger partial charge in [-0.25, -0.2) is 0 Å². The van der Waals surface area contributed by atoms with E-state index in [0.29, 0.717) is 0 Å². The van der Waals surface area contributed by atoms with Gasteiger partial charge in [0.25, 0.3) is 0 Å². The highest BCUT2D eigenvalue weighted by atomic mass is 15.1. The van der Waals surface area contributed by atoms with E-state index in [2.05, 4.69) is 205 Å². The molecule has 0 fully saturated rings. The van der Waals surface area contributed by atoms with Crippen LogP contribution < -0.4 is 4.90 Å². The van der Waals surface area contributed by atoms with Crippen LogP contribution >= 0.6 is 0 Å². The molecule has 0 aliphatic carbocycles. The minimum absolute atomic E-state index is 1.11. The molecule has 0 amide bonds. The standard InChI is InChI=1S/C48H33N/c1-3-12-34(13-4-1)36-24-27-40(28-25-36)49(41-19-9-17-38(32-41)35-14-5-2-6-15-35)42-20-10-18-39(33-42)44-22-11-23-45-47(44)31-30-46-43-21-8-7-16-37(43)26-29-48(45)46/h1-33H. The molecule has 0 atom stereocenters. The molecule has 0 radical (unpaired) electrons. The molecule has 0 bridgehead atoms. The molecule has 0 N–H and O–H groups in total. The topological polar surface area (TPSA) is 3.24 Å². The zero-order chi connectivity index (χ0) is 32.6. The van der Waals surface area contributed by atoms with Gasteiger partial charge in [-0.05, 0) is 102 Å². The predicted octanol–water partition coefficient (Wildman–Crippen LogP) is 13.6. The van der Waals surface area contributed by atoms with Crippen LogP contribution in [0.3, 0.4) is 0 Å². The number of anilines is 3. The largest absolute Gasteiger partial charge is 0.310 e. The smallest absolute Gasteiger partial charge is 0.0467 e. The molecule has 230 valence electrons.